The van der Waals surface area contributed by atoms with Gasteiger partial charge in [-0.3, -0.25) is 4.98 Å². The van der Waals surface area contributed by atoms with Crippen molar-refractivity contribution in [3.63, 3.8) is 0 Å². The second-order valence-electron chi connectivity index (χ2n) is 4.80. The molecule has 1 aliphatic rings. The molecule has 3 nitrogen and oxygen atoms in total. The van der Waals surface area contributed by atoms with E-state index in [2.05, 4.69) is 26.2 Å². The van der Waals surface area contributed by atoms with Crippen LogP contribution in [0.15, 0.2) is 41.1 Å². The van der Waals surface area contributed by atoms with Crippen molar-refractivity contribution in [2.75, 3.05) is 7.05 Å². The van der Waals surface area contributed by atoms with E-state index in [1.54, 1.807) is 6.20 Å². The van der Waals surface area contributed by atoms with E-state index in [1.165, 1.54) is 0 Å². The molecule has 2 aromatic rings. The van der Waals surface area contributed by atoms with Crippen LogP contribution in [0.1, 0.15) is 29.7 Å². The number of ether oxygens (including phenoxy) is 1. The molecule has 2 atom stereocenters. The lowest BCUT2D eigenvalue weighted by molar-refractivity contribution is 0.153. The third-order valence-electron chi connectivity index (χ3n) is 3.51. The SMILES string of the molecule is CNC1CC(c2cncc(Br)c2)Oc2ccc(Cl)cc21. The van der Waals surface area contributed by atoms with Crippen molar-refractivity contribution < 1.29 is 4.74 Å². The average Bonchev–Trinajstić information content (AvgIpc) is 2.46. The summed E-state index contributed by atoms with van der Waals surface area (Å²) < 4.78 is 7.06. The maximum absolute atomic E-state index is 6.10. The van der Waals surface area contributed by atoms with Gasteiger partial charge in [-0.05, 0) is 47.2 Å². The van der Waals surface area contributed by atoms with Crippen LogP contribution >= 0.6 is 27.5 Å². The molecule has 0 fully saturated rings. The van der Waals surface area contributed by atoms with Gasteiger partial charge in [-0.25, -0.2) is 0 Å². The van der Waals surface area contributed by atoms with Crippen molar-refractivity contribution in [1.82, 2.24) is 10.3 Å². The Morgan fingerprint density at radius 1 is 1.35 bits per heavy atom. The van der Waals surface area contributed by atoms with E-state index in [-0.39, 0.29) is 12.1 Å². The van der Waals surface area contributed by atoms with E-state index in [0.29, 0.717) is 0 Å². The van der Waals surface area contributed by atoms with E-state index in [9.17, 15) is 0 Å². The second-order valence-corrected chi connectivity index (χ2v) is 6.15. The first kappa shape index (κ1) is 13.9. The Kier molecular flexibility index (Phi) is 3.96. The number of hydrogen-bond acceptors (Lipinski definition) is 3. The predicted octanol–water partition coefficient (Wildman–Crippen LogP) is 4.28. The number of benzene rings is 1. The first-order valence-electron chi connectivity index (χ1n) is 6.41. The molecule has 5 heteroatoms. The van der Waals surface area contributed by atoms with E-state index in [0.717, 1.165) is 32.8 Å². The molecule has 0 amide bonds. The van der Waals surface area contributed by atoms with Crippen LogP contribution in [0.4, 0.5) is 0 Å². The van der Waals surface area contributed by atoms with Gasteiger partial charge in [0.05, 0.1) is 0 Å². The van der Waals surface area contributed by atoms with Crippen molar-refractivity contribution >= 4 is 27.5 Å². The van der Waals surface area contributed by atoms with Crippen LogP contribution in [0, 0.1) is 0 Å². The average molecular weight is 354 g/mol. The minimum atomic E-state index is -0.00822. The Hall–Kier alpha value is -1.10. The van der Waals surface area contributed by atoms with Crippen LogP contribution in [0.25, 0.3) is 0 Å². The van der Waals surface area contributed by atoms with Crippen molar-refractivity contribution in [1.29, 1.82) is 0 Å². The molecule has 0 saturated carbocycles. The predicted molar refractivity (Wildman–Crippen MR) is 83.2 cm³/mol. The zero-order valence-corrected chi connectivity index (χ0v) is 13.3. The second kappa shape index (κ2) is 5.72. The van der Waals surface area contributed by atoms with Gasteiger partial charge >= 0.3 is 0 Å². The summed E-state index contributed by atoms with van der Waals surface area (Å²) in [6, 6.07) is 8.02. The molecule has 104 valence electrons. The third kappa shape index (κ3) is 2.68. The zero-order valence-electron chi connectivity index (χ0n) is 10.9. The van der Waals surface area contributed by atoms with Gasteiger partial charge in [0, 0.05) is 45.5 Å². The van der Waals surface area contributed by atoms with E-state index in [1.807, 2.05) is 37.5 Å². The van der Waals surface area contributed by atoms with Crippen LogP contribution in [-0.2, 0) is 0 Å². The number of fused-ring (bicyclic) bond motifs is 1. The maximum atomic E-state index is 6.10. The summed E-state index contributed by atoms with van der Waals surface area (Å²) in [5, 5.41) is 4.06. The minimum absolute atomic E-state index is 0.00822. The fraction of sp³-hybridized carbons (Fsp3) is 0.267. The summed E-state index contributed by atoms with van der Waals surface area (Å²) in [6.07, 6.45) is 4.46. The lowest BCUT2D eigenvalue weighted by atomic mass is 9.94. The summed E-state index contributed by atoms with van der Waals surface area (Å²) >= 11 is 9.52. The molecule has 20 heavy (non-hydrogen) atoms. The van der Waals surface area contributed by atoms with Crippen LogP contribution in [0.3, 0.4) is 0 Å². The number of nitrogens with zero attached hydrogens (tertiary/aromatic N) is 1. The van der Waals surface area contributed by atoms with Crippen LogP contribution < -0.4 is 10.1 Å². The largest absolute Gasteiger partial charge is 0.485 e. The lowest BCUT2D eigenvalue weighted by Crippen LogP contribution is -2.26. The van der Waals surface area contributed by atoms with Gasteiger partial charge in [0.2, 0.25) is 0 Å². The summed E-state index contributed by atoms with van der Waals surface area (Å²) in [7, 11) is 1.96. The molecule has 0 spiro atoms. The zero-order chi connectivity index (χ0) is 14.1. The summed E-state index contributed by atoms with van der Waals surface area (Å²) in [4.78, 5) is 4.21. The Morgan fingerprint density at radius 2 is 2.20 bits per heavy atom. The van der Waals surface area contributed by atoms with Gasteiger partial charge in [-0.1, -0.05) is 11.6 Å². The molecule has 0 aliphatic carbocycles. The monoisotopic (exact) mass is 352 g/mol. The molecule has 1 N–H and O–H groups in total. The van der Waals surface area contributed by atoms with Crippen LogP contribution in [-0.4, -0.2) is 12.0 Å². The topological polar surface area (TPSA) is 34.2 Å². The standard InChI is InChI=1S/C15H14BrClN2O/c1-18-13-6-15(9-4-10(16)8-19-7-9)20-14-3-2-11(17)5-12(13)14/h2-5,7-8,13,15,18H,6H2,1H3. The normalized spacial score (nSPS) is 21.1. The highest BCUT2D eigenvalue weighted by Gasteiger charge is 2.28. The number of rotatable bonds is 2. The van der Waals surface area contributed by atoms with Gasteiger partial charge < -0.3 is 10.1 Å². The van der Waals surface area contributed by atoms with Crippen LogP contribution in [0.2, 0.25) is 5.02 Å². The summed E-state index contributed by atoms with van der Waals surface area (Å²) in [5.41, 5.74) is 2.18. The van der Waals surface area contributed by atoms with E-state index in [4.69, 9.17) is 16.3 Å². The summed E-state index contributed by atoms with van der Waals surface area (Å²) in [6.45, 7) is 0. The van der Waals surface area contributed by atoms with Gasteiger partial charge in [-0.2, -0.15) is 0 Å². The molecule has 0 bridgehead atoms. The fourth-order valence-corrected chi connectivity index (χ4v) is 3.09. The Morgan fingerprint density at radius 3 is 2.95 bits per heavy atom. The highest BCUT2D eigenvalue weighted by Crippen LogP contribution is 2.41. The first-order valence-corrected chi connectivity index (χ1v) is 7.58. The molecule has 2 heterocycles. The van der Waals surface area contributed by atoms with Crippen LogP contribution in [0.5, 0.6) is 5.75 Å². The Bertz CT molecular complexity index is 635. The fourth-order valence-electron chi connectivity index (χ4n) is 2.52. The number of halogens is 2. The van der Waals surface area contributed by atoms with Gasteiger partial charge in [-0.15, -0.1) is 0 Å². The highest BCUT2D eigenvalue weighted by molar-refractivity contribution is 9.10. The number of aromatic nitrogens is 1. The van der Waals surface area contributed by atoms with Crippen molar-refractivity contribution in [3.8, 4) is 5.75 Å². The molecular weight excluding hydrogens is 340 g/mol. The smallest absolute Gasteiger partial charge is 0.127 e. The lowest BCUT2D eigenvalue weighted by Gasteiger charge is -2.32. The number of hydrogen-bond donors (Lipinski definition) is 1. The minimum Gasteiger partial charge on any atom is -0.485 e. The van der Waals surface area contributed by atoms with E-state index < -0.39 is 0 Å². The molecule has 1 aromatic carbocycles. The Balaban J connectivity index is 1.96. The Labute approximate surface area is 131 Å². The van der Waals surface area contributed by atoms with E-state index >= 15 is 0 Å². The van der Waals surface area contributed by atoms with Gasteiger partial charge in [0.25, 0.3) is 0 Å². The van der Waals surface area contributed by atoms with Crippen molar-refractivity contribution in [3.05, 3.63) is 57.3 Å². The highest BCUT2D eigenvalue weighted by atomic mass is 79.9. The first-order chi connectivity index (χ1) is 9.67. The number of nitrogens with one attached hydrogen (secondary N) is 1. The van der Waals surface area contributed by atoms with Gasteiger partial charge in [0.15, 0.2) is 0 Å². The molecular formula is C15H14BrClN2O. The molecule has 1 aromatic heterocycles. The van der Waals surface area contributed by atoms with Gasteiger partial charge in [0.1, 0.15) is 11.9 Å². The number of pyridine rings is 1. The van der Waals surface area contributed by atoms with Crippen molar-refractivity contribution in [2.45, 2.75) is 18.6 Å². The van der Waals surface area contributed by atoms with Crippen molar-refractivity contribution in [2.24, 2.45) is 0 Å². The molecule has 0 saturated heterocycles. The maximum Gasteiger partial charge on any atom is 0.127 e. The molecule has 0 radical (unpaired) electrons. The third-order valence-corrected chi connectivity index (χ3v) is 4.18. The quantitative estimate of drug-likeness (QED) is 0.875. The molecule has 3 rings (SSSR count). The summed E-state index contributed by atoms with van der Waals surface area (Å²) in [5.74, 6) is 0.880. The molecule has 2 unspecified atom stereocenters. The molecule has 1 aliphatic heterocycles.